The SMILES string of the molecule is CCN(CC)N(C(=O)OC(C)C)c1ccccc1.Cl. The Morgan fingerprint density at radius 2 is 1.68 bits per heavy atom. The highest BCUT2D eigenvalue weighted by Crippen LogP contribution is 2.17. The molecule has 0 saturated heterocycles. The molecule has 0 spiro atoms. The summed E-state index contributed by atoms with van der Waals surface area (Å²) in [5, 5.41) is 3.54. The molecule has 0 atom stereocenters. The van der Waals surface area contributed by atoms with Crippen molar-refractivity contribution in [2.24, 2.45) is 0 Å². The smallest absolute Gasteiger partial charge is 0.429 e. The molecule has 0 aliphatic rings. The first-order valence-corrected chi connectivity index (χ1v) is 6.40. The van der Waals surface area contributed by atoms with Gasteiger partial charge in [-0.25, -0.2) is 14.8 Å². The van der Waals surface area contributed by atoms with E-state index in [1.165, 1.54) is 0 Å². The zero-order valence-electron chi connectivity index (χ0n) is 12.0. The van der Waals surface area contributed by atoms with E-state index in [4.69, 9.17) is 4.74 Å². The number of carbonyl (C=O) groups excluding carboxylic acids is 1. The highest BCUT2D eigenvalue weighted by atomic mass is 35.5. The predicted molar refractivity (Wildman–Crippen MR) is 80.7 cm³/mol. The summed E-state index contributed by atoms with van der Waals surface area (Å²) < 4.78 is 5.30. The normalized spacial score (nSPS) is 10.2. The maximum Gasteiger partial charge on any atom is 0.429 e. The zero-order chi connectivity index (χ0) is 13.5. The van der Waals surface area contributed by atoms with Crippen LogP contribution >= 0.6 is 12.4 Å². The molecular formula is C14H23ClN2O2. The van der Waals surface area contributed by atoms with E-state index >= 15 is 0 Å². The van der Waals surface area contributed by atoms with Crippen LogP contribution in [-0.2, 0) is 4.74 Å². The Labute approximate surface area is 121 Å². The molecule has 5 heteroatoms. The van der Waals surface area contributed by atoms with Gasteiger partial charge < -0.3 is 4.74 Å². The Hall–Kier alpha value is -1.26. The van der Waals surface area contributed by atoms with Gasteiger partial charge in [-0.1, -0.05) is 32.0 Å². The van der Waals surface area contributed by atoms with Crippen LogP contribution < -0.4 is 5.01 Å². The van der Waals surface area contributed by atoms with Crippen molar-refractivity contribution in [2.75, 3.05) is 18.1 Å². The van der Waals surface area contributed by atoms with Gasteiger partial charge in [0.1, 0.15) is 0 Å². The minimum Gasteiger partial charge on any atom is -0.445 e. The van der Waals surface area contributed by atoms with E-state index in [0.717, 1.165) is 18.8 Å². The van der Waals surface area contributed by atoms with Crippen molar-refractivity contribution in [3.05, 3.63) is 30.3 Å². The van der Waals surface area contributed by atoms with Crippen LogP contribution in [0.5, 0.6) is 0 Å². The molecule has 0 aliphatic carbocycles. The Morgan fingerprint density at radius 1 is 1.16 bits per heavy atom. The molecule has 108 valence electrons. The van der Waals surface area contributed by atoms with Crippen LogP contribution in [0.1, 0.15) is 27.7 Å². The minimum atomic E-state index is -0.333. The summed E-state index contributed by atoms with van der Waals surface area (Å²) in [6.07, 6.45) is -0.459. The second-order valence-corrected chi connectivity index (χ2v) is 4.22. The topological polar surface area (TPSA) is 32.8 Å². The second kappa shape index (κ2) is 8.77. The number of carbonyl (C=O) groups is 1. The van der Waals surface area contributed by atoms with Crippen LogP contribution in [0.25, 0.3) is 0 Å². The third-order valence-electron chi connectivity index (χ3n) is 2.52. The Morgan fingerprint density at radius 3 is 2.11 bits per heavy atom. The average Bonchev–Trinajstić information content (AvgIpc) is 2.35. The molecule has 0 saturated carbocycles. The molecule has 0 N–H and O–H groups in total. The summed E-state index contributed by atoms with van der Waals surface area (Å²) in [5.74, 6) is 0. The van der Waals surface area contributed by atoms with Crippen LogP contribution in [0.4, 0.5) is 10.5 Å². The van der Waals surface area contributed by atoms with E-state index in [9.17, 15) is 4.79 Å². The quantitative estimate of drug-likeness (QED) is 0.774. The van der Waals surface area contributed by atoms with Gasteiger partial charge in [-0.3, -0.25) is 0 Å². The van der Waals surface area contributed by atoms with Gasteiger partial charge in [0, 0.05) is 13.1 Å². The number of anilines is 1. The van der Waals surface area contributed by atoms with Gasteiger partial charge >= 0.3 is 6.09 Å². The lowest BCUT2D eigenvalue weighted by atomic mass is 10.3. The molecule has 0 aromatic heterocycles. The number of hydrogen-bond donors (Lipinski definition) is 0. The largest absolute Gasteiger partial charge is 0.445 e. The molecule has 1 aromatic rings. The lowest BCUT2D eigenvalue weighted by Crippen LogP contribution is -2.47. The van der Waals surface area contributed by atoms with E-state index in [1.807, 2.05) is 63.0 Å². The van der Waals surface area contributed by atoms with Gasteiger partial charge in [-0.15, -0.1) is 12.4 Å². The van der Waals surface area contributed by atoms with Crippen LogP contribution in [0.15, 0.2) is 30.3 Å². The van der Waals surface area contributed by atoms with Crippen molar-refractivity contribution in [3.8, 4) is 0 Å². The molecule has 0 aliphatic heterocycles. The van der Waals surface area contributed by atoms with E-state index in [-0.39, 0.29) is 24.6 Å². The highest BCUT2D eigenvalue weighted by Gasteiger charge is 2.23. The molecule has 1 rings (SSSR count). The van der Waals surface area contributed by atoms with Crippen molar-refractivity contribution in [3.63, 3.8) is 0 Å². The van der Waals surface area contributed by atoms with E-state index in [1.54, 1.807) is 5.01 Å². The van der Waals surface area contributed by atoms with Crippen LogP contribution in [0.2, 0.25) is 0 Å². The van der Waals surface area contributed by atoms with Crippen molar-refractivity contribution in [2.45, 2.75) is 33.8 Å². The van der Waals surface area contributed by atoms with Crippen molar-refractivity contribution in [1.29, 1.82) is 0 Å². The highest BCUT2D eigenvalue weighted by molar-refractivity contribution is 5.86. The lowest BCUT2D eigenvalue weighted by molar-refractivity contribution is 0.104. The van der Waals surface area contributed by atoms with Gasteiger partial charge in [-0.05, 0) is 26.0 Å². The molecular weight excluding hydrogens is 264 g/mol. The lowest BCUT2D eigenvalue weighted by Gasteiger charge is -2.32. The number of halogens is 1. The monoisotopic (exact) mass is 286 g/mol. The number of benzene rings is 1. The first-order valence-electron chi connectivity index (χ1n) is 6.40. The fraction of sp³-hybridized carbons (Fsp3) is 0.500. The van der Waals surface area contributed by atoms with Gasteiger partial charge in [0.25, 0.3) is 0 Å². The fourth-order valence-electron chi connectivity index (χ4n) is 1.71. The fourth-order valence-corrected chi connectivity index (χ4v) is 1.71. The van der Waals surface area contributed by atoms with Crippen molar-refractivity contribution < 1.29 is 9.53 Å². The number of nitrogens with zero attached hydrogens (tertiary/aromatic N) is 2. The minimum absolute atomic E-state index is 0. The third kappa shape index (κ3) is 5.09. The molecule has 1 amide bonds. The van der Waals surface area contributed by atoms with Gasteiger partial charge in [0.05, 0.1) is 11.8 Å². The number of hydrazine groups is 1. The van der Waals surface area contributed by atoms with Crippen molar-refractivity contribution in [1.82, 2.24) is 5.01 Å². The summed E-state index contributed by atoms with van der Waals surface area (Å²) in [7, 11) is 0. The Bertz CT molecular complexity index is 367. The average molecular weight is 287 g/mol. The molecule has 1 aromatic carbocycles. The van der Waals surface area contributed by atoms with Crippen molar-refractivity contribution >= 4 is 24.2 Å². The number of ether oxygens (including phenoxy) is 1. The van der Waals surface area contributed by atoms with E-state index in [0.29, 0.717) is 0 Å². The molecule has 0 radical (unpaired) electrons. The van der Waals surface area contributed by atoms with Crippen LogP contribution in [0, 0.1) is 0 Å². The molecule has 0 bridgehead atoms. The number of para-hydroxylation sites is 1. The number of amides is 1. The van der Waals surface area contributed by atoms with Crippen LogP contribution in [0.3, 0.4) is 0 Å². The molecule has 0 heterocycles. The predicted octanol–water partition coefficient (Wildman–Crippen LogP) is 3.72. The Balaban J connectivity index is 0.00000324. The number of hydrogen-bond acceptors (Lipinski definition) is 3. The molecule has 19 heavy (non-hydrogen) atoms. The third-order valence-corrected chi connectivity index (χ3v) is 2.52. The number of rotatable bonds is 5. The molecule has 0 fully saturated rings. The van der Waals surface area contributed by atoms with Crippen LogP contribution in [-0.4, -0.2) is 30.3 Å². The summed E-state index contributed by atoms with van der Waals surface area (Å²) in [4.78, 5) is 12.2. The van der Waals surface area contributed by atoms with Gasteiger partial charge in [0.15, 0.2) is 0 Å². The summed E-state index contributed by atoms with van der Waals surface area (Å²) in [5.41, 5.74) is 0.826. The van der Waals surface area contributed by atoms with Gasteiger partial charge in [-0.2, -0.15) is 0 Å². The summed E-state index contributed by atoms with van der Waals surface area (Å²) in [6, 6.07) is 9.56. The summed E-state index contributed by atoms with van der Waals surface area (Å²) >= 11 is 0. The molecule has 4 nitrogen and oxygen atoms in total. The zero-order valence-corrected chi connectivity index (χ0v) is 12.8. The summed E-state index contributed by atoms with van der Waals surface area (Å²) in [6.45, 7) is 9.23. The maximum atomic E-state index is 12.2. The first-order chi connectivity index (χ1) is 8.60. The van der Waals surface area contributed by atoms with E-state index in [2.05, 4.69) is 0 Å². The molecule has 0 unspecified atom stereocenters. The first kappa shape index (κ1) is 17.7. The maximum absolute atomic E-state index is 12.2. The van der Waals surface area contributed by atoms with E-state index < -0.39 is 0 Å². The second-order valence-electron chi connectivity index (χ2n) is 4.22. The Kier molecular flexibility index (Phi) is 8.19. The van der Waals surface area contributed by atoms with Gasteiger partial charge in [0.2, 0.25) is 0 Å². The standard InChI is InChI=1S/C14H22N2O2.ClH/c1-5-15(6-2)16(14(17)18-12(3)4)13-10-8-7-9-11-13;/h7-12H,5-6H2,1-4H3;1H.